The largest absolute Gasteiger partial charge is 0.298 e. The van der Waals surface area contributed by atoms with Crippen LogP contribution in [0.25, 0.3) is 0 Å². The summed E-state index contributed by atoms with van der Waals surface area (Å²) in [6.07, 6.45) is 2.03. The van der Waals surface area contributed by atoms with Crippen LogP contribution in [0, 0.1) is 10.1 Å². The van der Waals surface area contributed by atoms with Crippen LogP contribution in [-0.2, 0) is 11.2 Å². The van der Waals surface area contributed by atoms with Gasteiger partial charge >= 0.3 is 0 Å². The summed E-state index contributed by atoms with van der Waals surface area (Å²) >= 11 is 6.79. The van der Waals surface area contributed by atoms with Crippen molar-refractivity contribution in [1.29, 1.82) is 0 Å². The van der Waals surface area contributed by atoms with Crippen molar-refractivity contribution in [3.63, 3.8) is 0 Å². The second kappa shape index (κ2) is 5.86. The van der Waals surface area contributed by atoms with Gasteiger partial charge in [-0.25, -0.2) is 0 Å². The van der Waals surface area contributed by atoms with Crippen LogP contribution >= 0.6 is 23.4 Å². The Kier molecular flexibility index (Phi) is 4.76. The van der Waals surface area contributed by atoms with E-state index >= 15 is 0 Å². The van der Waals surface area contributed by atoms with Gasteiger partial charge in [0.2, 0.25) is 0 Å². The number of hydrogen-bond acceptors (Lipinski definition) is 4. The number of Topliss-reactive ketones (excluding diaryl/α,β-unsaturated/α-hetero) is 1. The Labute approximate surface area is 102 Å². The molecule has 0 heterocycles. The molecule has 0 atom stereocenters. The third-order valence-electron chi connectivity index (χ3n) is 2.02. The average molecular weight is 260 g/mol. The minimum Gasteiger partial charge on any atom is -0.298 e. The number of rotatable bonds is 5. The molecule has 0 unspecified atom stereocenters. The van der Waals surface area contributed by atoms with Crippen molar-refractivity contribution in [3.8, 4) is 0 Å². The minimum absolute atomic E-state index is 0.0337. The first-order valence-corrected chi connectivity index (χ1v) is 6.23. The molecule has 0 fully saturated rings. The van der Waals surface area contributed by atoms with E-state index in [4.69, 9.17) is 11.6 Å². The van der Waals surface area contributed by atoms with Crippen LogP contribution in [0.4, 0.5) is 5.69 Å². The van der Waals surface area contributed by atoms with Gasteiger partial charge in [0.1, 0.15) is 0 Å². The summed E-state index contributed by atoms with van der Waals surface area (Å²) in [5.74, 6) is -0.129. The standard InChI is InChI=1S/C10H10ClNO3S/c1-16-10-5-8(12(14)15)3-2-7(10)4-9(13)6-11/h2-3,5H,4,6H2,1H3. The van der Waals surface area contributed by atoms with Gasteiger partial charge in [0.25, 0.3) is 5.69 Å². The fourth-order valence-corrected chi connectivity index (χ4v) is 1.99. The summed E-state index contributed by atoms with van der Waals surface area (Å²) in [5, 5.41) is 10.6. The third-order valence-corrected chi connectivity index (χ3v) is 3.14. The molecule has 0 saturated carbocycles. The highest BCUT2D eigenvalue weighted by Crippen LogP contribution is 2.26. The summed E-state index contributed by atoms with van der Waals surface area (Å²) in [5.41, 5.74) is 0.815. The summed E-state index contributed by atoms with van der Waals surface area (Å²) in [6.45, 7) is 0. The molecule has 0 aromatic heterocycles. The van der Waals surface area contributed by atoms with Crippen molar-refractivity contribution >= 4 is 34.8 Å². The first-order valence-electron chi connectivity index (χ1n) is 4.47. The molecule has 16 heavy (non-hydrogen) atoms. The normalized spacial score (nSPS) is 10.1. The zero-order chi connectivity index (χ0) is 12.1. The second-order valence-corrected chi connectivity index (χ2v) is 4.22. The maximum absolute atomic E-state index is 11.2. The fourth-order valence-electron chi connectivity index (χ4n) is 1.25. The third kappa shape index (κ3) is 3.21. The molecule has 0 radical (unpaired) electrons. The van der Waals surface area contributed by atoms with E-state index in [0.717, 1.165) is 10.5 Å². The van der Waals surface area contributed by atoms with Crippen molar-refractivity contribution in [2.24, 2.45) is 0 Å². The quantitative estimate of drug-likeness (QED) is 0.353. The Bertz CT molecular complexity index is 423. The van der Waals surface area contributed by atoms with Crippen molar-refractivity contribution in [3.05, 3.63) is 33.9 Å². The van der Waals surface area contributed by atoms with Gasteiger partial charge in [-0.1, -0.05) is 6.07 Å². The molecular weight excluding hydrogens is 250 g/mol. The molecule has 0 N–H and O–H groups in total. The first kappa shape index (κ1) is 13.0. The molecule has 1 rings (SSSR count). The van der Waals surface area contributed by atoms with Crippen LogP contribution in [-0.4, -0.2) is 22.8 Å². The van der Waals surface area contributed by atoms with Crippen LogP contribution in [0.15, 0.2) is 23.1 Å². The zero-order valence-corrected chi connectivity index (χ0v) is 10.2. The monoisotopic (exact) mass is 259 g/mol. The lowest BCUT2D eigenvalue weighted by molar-refractivity contribution is -0.385. The number of carbonyl (C=O) groups excluding carboxylic acids is 1. The number of benzene rings is 1. The van der Waals surface area contributed by atoms with E-state index in [1.54, 1.807) is 6.07 Å². The number of carbonyl (C=O) groups is 1. The zero-order valence-electron chi connectivity index (χ0n) is 8.60. The molecule has 0 aliphatic rings. The highest BCUT2D eigenvalue weighted by atomic mass is 35.5. The molecule has 4 nitrogen and oxygen atoms in total. The van der Waals surface area contributed by atoms with Gasteiger partial charge in [0.15, 0.2) is 5.78 Å². The van der Waals surface area contributed by atoms with E-state index in [2.05, 4.69) is 0 Å². The highest BCUT2D eigenvalue weighted by molar-refractivity contribution is 7.98. The van der Waals surface area contributed by atoms with Gasteiger partial charge in [0.05, 0.1) is 10.8 Å². The number of non-ortho nitro benzene ring substituents is 1. The number of thioether (sulfide) groups is 1. The van der Waals surface area contributed by atoms with Gasteiger partial charge in [-0.15, -0.1) is 23.4 Å². The van der Waals surface area contributed by atoms with Gasteiger partial charge in [-0.3, -0.25) is 14.9 Å². The van der Waals surface area contributed by atoms with Crippen molar-refractivity contribution in [1.82, 2.24) is 0 Å². The van der Waals surface area contributed by atoms with E-state index in [-0.39, 0.29) is 23.8 Å². The smallest absolute Gasteiger partial charge is 0.270 e. The number of alkyl halides is 1. The molecule has 1 aromatic rings. The van der Waals surface area contributed by atoms with Crippen molar-refractivity contribution < 1.29 is 9.72 Å². The van der Waals surface area contributed by atoms with Crippen molar-refractivity contribution in [2.45, 2.75) is 11.3 Å². The maximum atomic E-state index is 11.2. The van der Waals surface area contributed by atoms with E-state index in [1.165, 1.54) is 23.9 Å². The fraction of sp³-hybridized carbons (Fsp3) is 0.300. The Balaban J connectivity index is 3.02. The predicted octanol–water partition coefficient (Wildman–Crippen LogP) is 2.67. The van der Waals surface area contributed by atoms with E-state index in [1.807, 2.05) is 6.26 Å². The lowest BCUT2D eigenvalue weighted by atomic mass is 10.1. The summed E-state index contributed by atoms with van der Waals surface area (Å²) in [4.78, 5) is 22.1. The number of ketones is 1. The van der Waals surface area contributed by atoms with Crippen molar-refractivity contribution in [2.75, 3.05) is 12.1 Å². The van der Waals surface area contributed by atoms with Crippen LogP contribution < -0.4 is 0 Å². The molecule has 6 heteroatoms. The Hall–Kier alpha value is -1.07. The summed E-state index contributed by atoms with van der Waals surface area (Å²) in [6, 6.07) is 4.48. The van der Waals surface area contributed by atoms with E-state index < -0.39 is 4.92 Å². The Morgan fingerprint density at radius 2 is 2.25 bits per heavy atom. The van der Waals surface area contributed by atoms with Gasteiger partial charge in [0, 0.05) is 23.4 Å². The topological polar surface area (TPSA) is 60.2 Å². The predicted molar refractivity (Wildman–Crippen MR) is 64.3 cm³/mol. The molecule has 1 aromatic carbocycles. The van der Waals surface area contributed by atoms with Gasteiger partial charge in [-0.05, 0) is 11.8 Å². The lowest BCUT2D eigenvalue weighted by Gasteiger charge is -2.05. The number of nitro benzene ring substituents is 1. The van der Waals surface area contributed by atoms with Gasteiger partial charge < -0.3 is 0 Å². The molecule has 0 aliphatic heterocycles. The maximum Gasteiger partial charge on any atom is 0.270 e. The molecule has 0 spiro atoms. The summed E-state index contributed by atoms with van der Waals surface area (Å²) < 4.78 is 0. The molecule has 0 bridgehead atoms. The molecule has 86 valence electrons. The van der Waals surface area contributed by atoms with Gasteiger partial charge in [-0.2, -0.15) is 0 Å². The number of nitro groups is 1. The summed E-state index contributed by atoms with van der Waals surface area (Å²) in [7, 11) is 0. The molecule has 0 saturated heterocycles. The van der Waals surface area contributed by atoms with Crippen LogP contribution in [0.1, 0.15) is 5.56 Å². The highest BCUT2D eigenvalue weighted by Gasteiger charge is 2.12. The first-order chi connectivity index (χ1) is 7.58. The Morgan fingerprint density at radius 3 is 2.75 bits per heavy atom. The molecule has 0 amide bonds. The Morgan fingerprint density at radius 1 is 1.56 bits per heavy atom. The lowest BCUT2D eigenvalue weighted by Crippen LogP contribution is -2.05. The number of nitrogens with zero attached hydrogens (tertiary/aromatic N) is 1. The van der Waals surface area contributed by atoms with E-state index in [0.29, 0.717) is 0 Å². The SMILES string of the molecule is CSc1cc([N+](=O)[O-])ccc1CC(=O)CCl. The second-order valence-electron chi connectivity index (χ2n) is 3.10. The average Bonchev–Trinajstić information content (AvgIpc) is 2.29. The van der Waals surface area contributed by atoms with Crippen LogP contribution in [0.5, 0.6) is 0 Å². The van der Waals surface area contributed by atoms with Crippen LogP contribution in [0.2, 0.25) is 0 Å². The molecular formula is C10H10ClNO3S. The number of halogens is 1. The molecule has 0 aliphatic carbocycles. The van der Waals surface area contributed by atoms with Crippen LogP contribution in [0.3, 0.4) is 0 Å². The number of hydrogen-bond donors (Lipinski definition) is 0. The van der Waals surface area contributed by atoms with E-state index in [9.17, 15) is 14.9 Å². The minimum atomic E-state index is -0.452.